The van der Waals surface area contributed by atoms with E-state index in [-0.39, 0.29) is 11.2 Å². The van der Waals surface area contributed by atoms with E-state index in [0.29, 0.717) is 34.3 Å². The van der Waals surface area contributed by atoms with E-state index >= 15 is 0 Å². The third-order valence-electron chi connectivity index (χ3n) is 3.60. The Bertz CT molecular complexity index is 879. The predicted octanol–water partition coefficient (Wildman–Crippen LogP) is 1.11. The number of phenols is 1. The van der Waals surface area contributed by atoms with Gasteiger partial charge in [-0.25, -0.2) is 0 Å². The van der Waals surface area contributed by atoms with Gasteiger partial charge >= 0.3 is 0 Å². The van der Waals surface area contributed by atoms with E-state index in [9.17, 15) is 9.90 Å². The molecule has 114 valence electrons. The van der Waals surface area contributed by atoms with Gasteiger partial charge in [0.1, 0.15) is 36.1 Å². The zero-order chi connectivity index (χ0) is 15.9. The Morgan fingerprint density at radius 1 is 1.36 bits per heavy atom. The summed E-state index contributed by atoms with van der Waals surface area (Å²) in [4.78, 5) is 13.8. The highest BCUT2D eigenvalue weighted by Gasteiger charge is 2.18. The summed E-state index contributed by atoms with van der Waals surface area (Å²) in [5.41, 5.74) is 2.27. The van der Waals surface area contributed by atoms with Crippen LogP contribution in [0.3, 0.4) is 0 Å². The van der Waals surface area contributed by atoms with Crippen molar-refractivity contribution in [2.75, 3.05) is 14.1 Å². The van der Waals surface area contributed by atoms with Crippen molar-refractivity contribution in [3.05, 3.63) is 46.0 Å². The summed E-state index contributed by atoms with van der Waals surface area (Å²) in [6.45, 7) is 2.35. The van der Waals surface area contributed by atoms with Gasteiger partial charge in [0.15, 0.2) is 0 Å². The molecule has 0 bridgehead atoms. The molecule has 0 aliphatic carbocycles. The van der Waals surface area contributed by atoms with Crippen LogP contribution in [0.5, 0.6) is 5.75 Å². The fourth-order valence-corrected chi connectivity index (χ4v) is 2.54. The molecular formula is C16H17N2O4+. The number of hydrogen-bond acceptors (Lipinski definition) is 5. The average Bonchev–Trinajstić information content (AvgIpc) is 2.99. The molecular weight excluding hydrogens is 284 g/mol. The highest BCUT2D eigenvalue weighted by molar-refractivity contribution is 5.86. The maximum Gasteiger partial charge on any atom is 0.202 e. The lowest BCUT2D eigenvalue weighted by molar-refractivity contribution is -0.872. The predicted molar refractivity (Wildman–Crippen MR) is 80.9 cm³/mol. The number of quaternary nitrogens is 1. The average molecular weight is 301 g/mol. The van der Waals surface area contributed by atoms with Crippen LogP contribution >= 0.6 is 0 Å². The lowest BCUT2D eigenvalue weighted by Gasteiger charge is -2.12. The maximum absolute atomic E-state index is 12.7. The Morgan fingerprint density at radius 2 is 2.14 bits per heavy atom. The smallest absolute Gasteiger partial charge is 0.202 e. The van der Waals surface area contributed by atoms with Gasteiger partial charge in [0.25, 0.3) is 0 Å². The number of benzene rings is 1. The molecule has 2 N–H and O–H groups in total. The summed E-state index contributed by atoms with van der Waals surface area (Å²) in [5, 5.41) is 14.5. The summed E-state index contributed by atoms with van der Waals surface area (Å²) in [5.74, 6) is 0.172. The topological polar surface area (TPSA) is 80.9 Å². The first-order valence-corrected chi connectivity index (χ1v) is 6.95. The van der Waals surface area contributed by atoms with Gasteiger partial charge in [-0.05, 0) is 13.0 Å². The van der Waals surface area contributed by atoms with Crippen molar-refractivity contribution in [1.82, 2.24) is 5.16 Å². The largest absolute Gasteiger partial charge is 0.507 e. The number of phenolic OH excluding ortho intramolecular Hbond substituents is 1. The molecule has 3 rings (SSSR count). The first-order chi connectivity index (χ1) is 10.5. The summed E-state index contributed by atoms with van der Waals surface area (Å²) < 4.78 is 10.4. The van der Waals surface area contributed by atoms with Crippen molar-refractivity contribution in [2.45, 2.75) is 13.5 Å². The van der Waals surface area contributed by atoms with Crippen LogP contribution in [0.25, 0.3) is 22.2 Å². The first-order valence-electron chi connectivity index (χ1n) is 6.95. The van der Waals surface area contributed by atoms with E-state index in [4.69, 9.17) is 8.94 Å². The normalized spacial score (nSPS) is 11.5. The van der Waals surface area contributed by atoms with Gasteiger partial charge in [-0.1, -0.05) is 5.16 Å². The quantitative estimate of drug-likeness (QED) is 0.757. The molecule has 2 aromatic heterocycles. The molecule has 6 heteroatoms. The Hall–Kier alpha value is -2.60. The molecule has 22 heavy (non-hydrogen) atoms. The number of nitrogens with zero attached hydrogens (tertiary/aromatic N) is 1. The van der Waals surface area contributed by atoms with Crippen LogP contribution in [0.2, 0.25) is 0 Å². The number of rotatable bonds is 3. The molecule has 0 spiro atoms. The second-order valence-electron chi connectivity index (χ2n) is 5.63. The molecule has 6 nitrogen and oxygen atoms in total. The highest BCUT2D eigenvalue weighted by Crippen LogP contribution is 2.30. The Balaban J connectivity index is 2.29. The maximum atomic E-state index is 12.7. The van der Waals surface area contributed by atoms with Gasteiger partial charge in [0.2, 0.25) is 5.43 Å². The molecule has 0 amide bonds. The Labute approximate surface area is 126 Å². The van der Waals surface area contributed by atoms with Crippen molar-refractivity contribution in [3.8, 4) is 17.0 Å². The van der Waals surface area contributed by atoms with E-state index in [1.54, 1.807) is 19.1 Å². The van der Waals surface area contributed by atoms with Crippen molar-refractivity contribution >= 4 is 11.0 Å². The van der Waals surface area contributed by atoms with Gasteiger partial charge in [-0.3, -0.25) is 4.79 Å². The molecule has 0 saturated heterocycles. The van der Waals surface area contributed by atoms with E-state index in [1.165, 1.54) is 12.5 Å². The van der Waals surface area contributed by atoms with Gasteiger partial charge in [0, 0.05) is 17.2 Å². The molecule has 3 aromatic rings. The molecule has 1 aromatic carbocycles. The van der Waals surface area contributed by atoms with Crippen LogP contribution in [0.15, 0.2) is 38.4 Å². The van der Waals surface area contributed by atoms with E-state index < -0.39 is 0 Å². The van der Waals surface area contributed by atoms with Crippen molar-refractivity contribution in [2.24, 2.45) is 0 Å². The fourth-order valence-electron chi connectivity index (χ4n) is 2.54. The van der Waals surface area contributed by atoms with Crippen LogP contribution < -0.4 is 10.3 Å². The molecule has 0 radical (unpaired) electrons. The number of aromatic hydroxyl groups is 1. The monoisotopic (exact) mass is 301 g/mol. The van der Waals surface area contributed by atoms with Crippen LogP contribution in [0, 0.1) is 6.92 Å². The zero-order valence-corrected chi connectivity index (χ0v) is 12.6. The van der Waals surface area contributed by atoms with Gasteiger partial charge < -0.3 is 18.9 Å². The lowest BCUT2D eigenvalue weighted by Crippen LogP contribution is -3.04. The van der Waals surface area contributed by atoms with E-state index in [0.717, 1.165) is 10.5 Å². The Kier molecular flexibility index (Phi) is 3.46. The molecule has 0 unspecified atom stereocenters. The summed E-state index contributed by atoms with van der Waals surface area (Å²) in [7, 11) is 3.96. The van der Waals surface area contributed by atoms with E-state index in [1.807, 2.05) is 14.1 Å². The molecule has 0 aliphatic heterocycles. The summed E-state index contributed by atoms with van der Waals surface area (Å²) in [6, 6.07) is 3.30. The minimum Gasteiger partial charge on any atom is -0.507 e. The fraction of sp³-hybridized carbons (Fsp3) is 0.250. The second kappa shape index (κ2) is 5.31. The second-order valence-corrected chi connectivity index (χ2v) is 5.63. The molecule has 0 fully saturated rings. The molecule has 0 aliphatic rings. The number of aromatic nitrogens is 1. The minimum absolute atomic E-state index is 0.172. The third kappa shape index (κ3) is 2.27. The molecule has 0 atom stereocenters. The standard InChI is InChI=1S/C16H16N2O4/c1-9-14(19)10(7-18(2)3)6-11-15(20)12(8-21-16(9)11)13-4-5-22-17-13/h4-6,8,19H,7H2,1-3H3/p+1. The first kappa shape index (κ1) is 14.3. The highest BCUT2D eigenvalue weighted by atomic mass is 16.5. The van der Waals surface area contributed by atoms with E-state index in [2.05, 4.69) is 5.16 Å². The Morgan fingerprint density at radius 3 is 2.77 bits per heavy atom. The van der Waals surface area contributed by atoms with Crippen LogP contribution in [-0.2, 0) is 6.54 Å². The number of nitrogens with one attached hydrogen (secondary N) is 1. The van der Waals surface area contributed by atoms with Crippen molar-refractivity contribution in [1.29, 1.82) is 0 Å². The van der Waals surface area contributed by atoms with Crippen molar-refractivity contribution < 1.29 is 18.9 Å². The minimum atomic E-state index is -0.187. The SMILES string of the molecule is Cc1c(O)c(C[NH+](C)C)cc2c(=O)c(-c3ccon3)coc12. The van der Waals surface area contributed by atoms with Crippen LogP contribution in [-0.4, -0.2) is 24.4 Å². The summed E-state index contributed by atoms with van der Waals surface area (Å²) >= 11 is 0. The van der Waals surface area contributed by atoms with Gasteiger partial charge in [-0.15, -0.1) is 0 Å². The zero-order valence-electron chi connectivity index (χ0n) is 12.6. The number of fused-ring (bicyclic) bond motifs is 1. The lowest BCUT2D eigenvalue weighted by atomic mass is 10.0. The molecule has 0 saturated carbocycles. The number of aryl methyl sites for hydroxylation is 1. The third-order valence-corrected chi connectivity index (χ3v) is 3.60. The van der Waals surface area contributed by atoms with Gasteiger partial charge in [-0.2, -0.15) is 0 Å². The number of hydrogen-bond donors (Lipinski definition) is 2. The van der Waals surface area contributed by atoms with Crippen molar-refractivity contribution in [3.63, 3.8) is 0 Å². The summed E-state index contributed by atoms with van der Waals surface area (Å²) in [6.07, 6.45) is 2.76. The van der Waals surface area contributed by atoms with Crippen LogP contribution in [0.1, 0.15) is 11.1 Å². The van der Waals surface area contributed by atoms with Gasteiger partial charge in [0.05, 0.1) is 25.0 Å². The van der Waals surface area contributed by atoms with Crippen LogP contribution in [0.4, 0.5) is 0 Å². The molecule has 2 heterocycles.